The lowest BCUT2D eigenvalue weighted by Gasteiger charge is -2.02. The lowest BCUT2D eigenvalue weighted by atomic mass is 10.8. The van der Waals surface area contributed by atoms with E-state index in [0.717, 1.165) is 0 Å². The fourth-order valence-electron chi connectivity index (χ4n) is 0.240. The Morgan fingerprint density at radius 3 is 3.11 bits per heavy atom. The van der Waals surface area contributed by atoms with E-state index in [9.17, 15) is 4.55 Å². The zero-order chi connectivity index (χ0) is 8.69. The van der Waals surface area contributed by atoms with Gasteiger partial charge in [-0.1, -0.05) is 12.6 Å². The first kappa shape index (κ1) is 5.89. The molecule has 0 N–H and O–H groups in total. The third-order valence-corrected chi connectivity index (χ3v) is 3.22. The van der Waals surface area contributed by atoms with Crippen LogP contribution in [0.25, 0.3) is 0 Å². The maximum absolute atomic E-state index is 10.9. The van der Waals surface area contributed by atoms with Crippen LogP contribution in [-0.4, -0.2) is 16.1 Å². The Labute approximate surface area is 65.6 Å². The molecule has 1 unspecified atom stereocenters. The molecule has 3 heteroatoms. The second-order valence-corrected chi connectivity index (χ2v) is 4.58. The van der Waals surface area contributed by atoms with E-state index in [1.807, 2.05) is 0 Å². The summed E-state index contributed by atoms with van der Waals surface area (Å²) in [7, 11) is 0.250. The highest BCUT2D eigenvalue weighted by molar-refractivity contribution is 8.72. The smallest absolute Gasteiger partial charge is 0.135 e. The Morgan fingerprint density at radius 2 is 2.56 bits per heavy atom. The van der Waals surface area contributed by atoms with Crippen LogP contribution in [0.15, 0.2) is 25.3 Å². The van der Waals surface area contributed by atoms with Crippen LogP contribution in [0.4, 0.5) is 0 Å². The van der Waals surface area contributed by atoms with Gasteiger partial charge < -0.3 is 4.55 Å². The van der Waals surface area contributed by atoms with Gasteiger partial charge in [-0.2, -0.15) is 0 Å². The van der Waals surface area contributed by atoms with Gasteiger partial charge in [-0.15, -0.1) is 6.58 Å². The van der Waals surface area contributed by atoms with E-state index in [-0.39, 0.29) is 12.3 Å². The van der Waals surface area contributed by atoms with Crippen LogP contribution in [0.5, 0.6) is 0 Å². The molecule has 0 fully saturated rings. The summed E-state index contributed by atoms with van der Waals surface area (Å²) in [5, 5.41) is 0. The summed E-state index contributed by atoms with van der Waals surface area (Å²) in [6, 6.07) is 0. The van der Waals surface area contributed by atoms with Crippen LogP contribution in [0.2, 0.25) is 0 Å². The molecule has 1 nitrogen and oxygen atoms in total. The summed E-state index contributed by atoms with van der Waals surface area (Å²) in [5.74, 6) is 0.923. The molecule has 0 rings (SSSR count). The molecule has 0 amide bonds. The summed E-state index contributed by atoms with van der Waals surface area (Å²) in [6.45, 7) is 3.20. The van der Waals surface area contributed by atoms with E-state index in [1.54, 1.807) is 6.08 Å². The molecule has 0 bridgehead atoms. The predicted molar refractivity (Wildman–Crippen MR) is 45.9 cm³/mol. The van der Waals surface area contributed by atoms with Gasteiger partial charge in [0, 0.05) is 10.2 Å². The zero-order valence-corrected chi connectivity index (χ0v) is 6.63. The van der Waals surface area contributed by atoms with Gasteiger partial charge >= 0.3 is 0 Å². The van der Waals surface area contributed by atoms with E-state index in [0.29, 0.717) is 5.75 Å². The number of hydrogen-bond donors (Lipinski definition) is 0. The van der Waals surface area contributed by atoms with Gasteiger partial charge in [-0.25, -0.2) is 0 Å². The van der Waals surface area contributed by atoms with Crippen molar-refractivity contribution in [3.63, 3.8) is 0 Å². The SMILES string of the molecule is [2H]C([2H])=CC[S+]([O-])SCC=C. The monoisotopic (exact) mass is 164 g/mol. The maximum Gasteiger partial charge on any atom is 0.135 e. The maximum atomic E-state index is 10.9. The minimum Gasteiger partial charge on any atom is -0.605 e. The Hall–Kier alpha value is 0.140. The quantitative estimate of drug-likeness (QED) is 0.351. The second-order valence-electron chi connectivity index (χ2n) is 1.25. The summed E-state index contributed by atoms with van der Waals surface area (Å²) < 4.78 is 24.3. The summed E-state index contributed by atoms with van der Waals surface area (Å²) in [5.41, 5.74) is 0. The molecule has 0 aromatic heterocycles. The topological polar surface area (TPSA) is 23.1 Å². The minimum absolute atomic E-state index is 0.279. The fraction of sp³-hybridized carbons (Fsp3) is 0.333. The first-order valence-corrected chi connectivity index (χ1v) is 5.25. The van der Waals surface area contributed by atoms with Crippen LogP contribution in [-0.2, 0) is 10.2 Å². The number of rotatable bonds is 5. The molecule has 0 aliphatic carbocycles. The summed E-state index contributed by atoms with van der Waals surface area (Å²) in [4.78, 5) is 0. The molecule has 0 heterocycles. The minimum atomic E-state index is -1.01. The molecule has 0 spiro atoms. The molecular formula is C6H10OS2. The normalized spacial score (nSPS) is 15.2. The van der Waals surface area contributed by atoms with Gasteiger partial charge in [0.05, 0.1) is 19.3 Å². The van der Waals surface area contributed by atoms with Crippen molar-refractivity contribution in [2.45, 2.75) is 0 Å². The first-order valence-electron chi connectivity index (χ1n) is 3.42. The van der Waals surface area contributed by atoms with Crippen molar-refractivity contribution in [3.05, 3.63) is 25.3 Å². The Balaban J connectivity index is 3.44. The van der Waals surface area contributed by atoms with E-state index in [2.05, 4.69) is 6.58 Å². The average molecular weight is 164 g/mol. The van der Waals surface area contributed by atoms with Gasteiger partial charge in [0.1, 0.15) is 5.75 Å². The van der Waals surface area contributed by atoms with Crippen molar-refractivity contribution in [2.75, 3.05) is 11.5 Å². The van der Waals surface area contributed by atoms with E-state index < -0.39 is 10.2 Å². The van der Waals surface area contributed by atoms with Gasteiger partial charge in [-0.3, -0.25) is 0 Å². The van der Waals surface area contributed by atoms with Crippen molar-refractivity contribution in [2.24, 2.45) is 0 Å². The molecule has 0 aromatic carbocycles. The van der Waals surface area contributed by atoms with Crippen LogP contribution in [0, 0.1) is 0 Å². The van der Waals surface area contributed by atoms with Crippen molar-refractivity contribution in [1.29, 1.82) is 0 Å². The molecule has 0 radical (unpaired) electrons. The van der Waals surface area contributed by atoms with E-state index in [4.69, 9.17) is 2.74 Å². The third-order valence-electron chi connectivity index (χ3n) is 0.537. The van der Waals surface area contributed by atoms with Gasteiger partial charge in [-0.05, 0) is 6.08 Å². The second kappa shape index (κ2) is 6.26. The first-order chi connectivity index (χ1) is 5.16. The van der Waals surface area contributed by atoms with E-state index in [1.165, 1.54) is 16.9 Å². The molecular weight excluding hydrogens is 152 g/mol. The fourth-order valence-corrected chi connectivity index (χ4v) is 1.96. The molecule has 0 aliphatic rings. The van der Waals surface area contributed by atoms with Gasteiger partial charge in [0.25, 0.3) is 0 Å². The molecule has 9 heavy (non-hydrogen) atoms. The largest absolute Gasteiger partial charge is 0.605 e. The summed E-state index contributed by atoms with van der Waals surface area (Å²) >= 11 is 0. The molecule has 0 aromatic rings. The van der Waals surface area contributed by atoms with Crippen molar-refractivity contribution in [3.8, 4) is 0 Å². The van der Waals surface area contributed by atoms with Crippen LogP contribution < -0.4 is 0 Å². The lowest BCUT2D eigenvalue weighted by Crippen LogP contribution is -1.97. The highest BCUT2D eigenvalue weighted by atomic mass is 33.1. The Morgan fingerprint density at radius 1 is 1.78 bits per heavy atom. The standard InChI is InChI=1S/C6H10OS2/c1-3-5-8-9(7)6-4-2/h3-4H,1-2,5-6H2/i2D2. The van der Waals surface area contributed by atoms with E-state index >= 15 is 0 Å². The molecule has 0 aliphatic heterocycles. The summed E-state index contributed by atoms with van der Waals surface area (Å²) in [6.07, 6.45) is 3.00. The molecule has 0 saturated carbocycles. The van der Waals surface area contributed by atoms with Crippen molar-refractivity contribution >= 4 is 21.0 Å². The third kappa shape index (κ3) is 6.02. The molecule has 0 saturated heterocycles. The van der Waals surface area contributed by atoms with Crippen molar-refractivity contribution in [1.82, 2.24) is 0 Å². The Bertz CT molecular complexity index is 146. The van der Waals surface area contributed by atoms with Crippen molar-refractivity contribution < 1.29 is 7.29 Å². The predicted octanol–water partition coefficient (Wildman–Crippen LogP) is 1.76. The van der Waals surface area contributed by atoms with Crippen LogP contribution in [0.3, 0.4) is 0 Å². The highest BCUT2D eigenvalue weighted by Crippen LogP contribution is 2.12. The van der Waals surface area contributed by atoms with Gasteiger partial charge in [0.15, 0.2) is 0 Å². The Kier molecular flexibility index (Phi) is 4.10. The van der Waals surface area contributed by atoms with Crippen LogP contribution in [0.1, 0.15) is 2.74 Å². The average Bonchev–Trinajstić information content (AvgIpc) is 1.97. The van der Waals surface area contributed by atoms with Gasteiger partial charge in [0.2, 0.25) is 0 Å². The zero-order valence-electron chi connectivity index (χ0n) is 7.00. The molecule has 52 valence electrons. The lowest BCUT2D eigenvalue weighted by molar-refractivity contribution is 0.612. The van der Waals surface area contributed by atoms with Crippen LogP contribution >= 0.6 is 10.8 Å². The number of hydrogen-bond acceptors (Lipinski definition) is 2. The highest BCUT2D eigenvalue weighted by Gasteiger charge is 2.01. The molecule has 1 atom stereocenters.